The molecule has 1 atom stereocenters. The molecule has 1 aromatic rings. The van der Waals surface area contributed by atoms with E-state index in [-0.39, 0.29) is 17.9 Å². The summed E-state index contributed by atoms with van der Waals surface area (Å²) >= 11 is 0. The van der Waals surface area contributed by atoms with Gasteiger partial charge in [0.25, 0.3) is 5.91 Å². The Labute approximate surface area is 111 Å². The van der Waals surface area contributed by atoms with Crippen LogP contribution in [0.3, 0.4) is 0 Å². The first-order valence-corrected chi connectivity index (χ1v) is 6.42. The van der Waals surface area contributed by atoms with Crippen LogP contribution in [-0.2, 0) is 4.79 Å². The molecule has 1 aromatic carbocycles. The van der Waals surface area contributed by atoms with Gasteiger partial charge in [-0.1, -0.05) is 0 Å². The number of halogens is 1. The van der Waals surface area contributed by atoms with Crippen LogP contribution in [0.2, 0.25) is 0 Å². The zero-order valence-electron chi connectivity index (χ0n) is 10.9. The second-order valence-corrected chi connectivity index (χ2v) is 4.64. The van der Waals surface area contributed by atoms with Gasteiger partial charge in [0.05, 0.1) is 6.04 Å². The second kappa shape index (κ2) is 5.93. The molecule has 4 nitrogen and oxygen atoms in total. The van der Waals surface area contributed by atoms with Crippen molar-refractivity contribution in [2.75, 3.05) is 13.6 Å². The first-order chi connectivity index (χ1) is 9.13. The van der Waals surface area contributed by atoms with E-state index >= 15 is 0 Å². The van der Waals surface area contributed by atoms with Crippen LogP contribution in [0.4, 0.5) is 4.39 Å². The molecule has 0 aromatic heterocycles. The van der Waals surface area contributed by atoms with Gasteiger partial charge in [-0.25, -0.2) is 4.39 Å². The number of carbonyl (C=O) groups is 2. The third-order valence-electron chi connectivity index (χ3n) is 3.37. The van der Waals surface area contributed by atoms with E-state index in [2.05, 4.69) is 5.32 Å². The van der Waals surface area contributed by atoms with Crippen molar-refractivity contribution in [3.63, 3.8) is 0 Å². The van der Waals surface area contributed by atoms with Gasteiger partial charge < -0.3 is 5.32 Å². The van der Waals surface area contributed by atoms with E-state index in [1.165, 1.54) is 29.2 Å². The van der Waals surface area contributed by atoms with Crippen LogP contribution in [0, 0.1) is 5.82 Å². The van der Waals surface area contributed by atoms with Crippen molar-refractivity contribution in [2.24, 2.45) is 0 Å². The number of hydrogen-bond donors (Lipinski definition) is 1. The van der Waals surface area contributed by atoms with Gasteiger partial charge >= 0.3 is 0 Å². The molecule has 1 aliphatic heterocycles. The molecule has 0 bridgehead atoms. The predicted octanol–water partition coefficient (Wildman–Crippen LogP) is 1.57. The maximum Gasteiger partial charge on any atom is 0.260 e. The van der Waals surface area contributed by atoms with E-state index in [4.69, 9.17) is 0 Å². The highest BCUT2D eigenvalue weighted by atomic mass is 19.1. The first-order valence-electron chi connectivity index (χ1n) is 6.42. The topological polar surface area (TPSA) is 49.4 Å². The molecule has 1 aliphatic rings. The lowest BCUT2D eigenvalue weighted by molar-refractivity contribution is -0.130. The number of benzene rings is 1. The zero-order chi connectivity index (χ0) is 13.8. The molecule has 0 aliphatic carbocycles. The maximum absolute atomic E-state index is 12.8. The van der Waals surface area contributed by atoms with E-state index in [0.717, 1.165) is 19.3 Å². The lowest BCUT2D eigenvalue weighted by atomic mass is 10.1. The highest BCUT2D eigenvalue weighted by Gasteiger charge is 2.30. The molecule has 5 heteroatoms. The van der Waals surface area contributed by atoms with E-state index in [1.54, 1.807) is 7.05 Å². The van der Waals surface area contributed by atoms with Crippen molar-refractivity contribution in [3.8, 4) is 0 Å². The Morgan fingerprint density at radius 1 is 1.32 bits per heavy atom. The van der Waals surface area contributed by atoms with Crippen molar-refractivity contribution in [1.29, 1.82) is 0 Å². The van der Waals surface area contributed by atoms with Crippen LogP contribution in [0.25, 0.3) is 0 Å². The zero-order valence-corrected chi connectivity index (χ0v) is 10.9. The monoisotopic (exact) mass is 264 g/mol. The van der Waals surface area contributed by atoms with Gasteiger partial charge in [-0.2, -0.15) is 0 Å². The molecule has 1 fully saturated rings. The predicted molar refractivity (Wildman–Crippen MR) is 69.1 cm³/mol. The summed E-state index contributed by atoms with van der Waals surface area (Å²) in [4.78, 5) is 25.8. The van der Waals surface area contributed by atoms with Crippen LogP contribution in [0.15, 0.2) is 24.3 Å². The summed E-state index contributed by atoms with van der Waals surface area (Å²) in [7, 11) is 1.72. The number of likely N-dealkylation sites (tertiary alicyclic amines) is 1. The fourth-order valence-electron chi connectivity index (χ4n) is 2.26. The van der Waals surface area contributed by atoms with Crippen molar-refractivity contribution in [2.45, 2.75) is 25.3 Å². The SMILES string of the molecule is CN[C@H]1CCCCN(C(=O)c2ccc(F)cc2)C1=O. The average molecular weight is 264 g/mol. The summed E-state index contributed by atoms with van der Waals surface area (Å²) < 4.78 is 12.8. The minimum absolute atomic E-state index is 0.200. The van der Waals surface area contributed by atoms with Gasteiger partial charge in [0.2, 0.25) is 5.91 Å². The lowest BCUT2D eigenvalue weighted by Gasteiger charge is -2.22. The fraction of sp³-hybridized carbons (Fsp3) is 0.429. The summed E-state index contributed by atoms with van der Waals surface area (Å²) in [5, 5.41) is 2.94. The Morgan fingerprint density at radius 3 is 2.63 bits per heavy atom. The molecule has 0 saturated carbocycles. The molecular weight excluding hydrogens is 247 g/mol. The molecule has 19 heavy (non-hydrogen) atoms. The minimum atomic E-state index is -0.396. The molecule has 102 valence electrons. The Morgan fingerprint density at radius 2 is 2.00 bits per heavy atom. The largest absolute Gasteiger partial charge is 0.309 e. The van der Waals surface area contributed by atoms with E-state index in [0.29, 0.717) is 12.1 Å². The average Bonchev–Trinajstić information content (AvgIpc) is 2.60. The molecule has 0 unspecified atom stereocenters. The third-order valence-corrected chi connectivity index (χ3v) is 3.37. The van der Waals surface area contributed by atoms with Gasteiger partial charge in [0, 0.05) is 12.1 Å². The number of nitrogens with one attached hydrogen (secondary N) is 1. The third kappa shape index (κ3) is 2.98. The van der Waals surface area contributed by atoms with Crippen LogP contribution in [0.5, 0.6) is 0 Å². The standard InChI is InChI=1S/C14H17FN2O2/c1-16-12-4-2-3-9-17(14(12)19)13(18)10-5-7-11(15)8-6-10/h5-8,12,16H,2-4,9H2,1H3/t12-/m0/s1. The molecule has 2 rings (SSSR count). The van der Waals surface area contributed by atoms with Crippen molar-refractivity contribution >= 4 is 11.8 Å². The molecule has 0 radical (unpaired) electrons. The van der Waals surface area contributed by atoms with Gasteiger partial charge in [-0.05, 0) is 50.6 Å². The lowest BCUT2D eigenvalue weighted by Crippen LogP contribution is -2.46. The van der Waals surface area contributed by atoms with E-state index in [1.807, 2.05) is 0 Å². The highest BCUT2D eigenvalue weighted by Crippen LogP contribution is 2.15. The summed E-state index contributed by atoms with van der Waals surface area (Å²) in [6.07, 6.45) is 2.45. The Kier molecular flexibility index (Phi) is 4.27. The molecule has 0 spiro atoms. The number of carbonyl (C=O) groups excluding carboxylic acids is 2. The second-order valence-electron chi connectivity index (χ2n) is 4.64. The Balaban J connectivity index is 2.21. The highest BCUT2D eigenvalue weighted by molar-refractivity contribution is 6.06. The summed E-state index contributed by atoms with van der Waals surface area (Å²) in [5.74, 6) is -0.951. The van der Waals surface area contributed by atoms with Gasteiger partial charge in [0.15, 0.2) is 0 Å². The smallest absolute Gasteiger partial charge is 0.260 e. The van der Waals surface area contributed by atoms with Gasteiger partial charge in [-0.15, -0.1) is 0 Å². The van der Waals surface area contributed by atoms with Crippen LogP contribution in [0.1, 0.15) is 29.6 Å². The number of likely N-dealkylation sites (N-methyl/N-ethyl adjacent to an activating group) is 1. The number of hydrogen-bond acceptors (Lipinski definition) is 3. The number of nitrogens with zero attached hydrogens (tertiary/aromatic N) is 1. The van der Waals surface area contributed by atoms with E-state index < -0.39 is 5.82 Å². The maximum atomic E-state index is 12.8. The molecular formula is C14H17FN2O2. The number of rotatable bonds is 2. The Bertz CT molecular complexity index is 473. The minimum Gasteiger partial charge on any atom is -0.309 e. The summed E-state index contributed by atoms with van der Waals surface area (Å²) in [5.41, 5.74) is 0.339. The molecule has 2 amide bonds. The molecule has 1 saturated heterocycles. The quantitative estimate of drug-likeness (QED) is 0.825. The normalized spacial score (nSPS) is 20.2. The van der Waals surface area contributed by atoms with Gasteiger partial charge in [0.1, 0.15) is 5.82 Å². The fourth-order valence-corrected chi connectivity index (χ4v) is 2.26. The summed E-state index contributed by atoms with van der Waals surface area (Å²) in [6, 6.07) is 4.96. The van der Waals surface area contributed by atoms with Crippen molar-refractivity contribution in [1.82, 2.24) is 10.2 Å². The molecule has 1 N–H and O–H groups in total. The number of amides is 2. The number of imide groups is 1. The first kappa shape index (κ1) is 13.7. The molecule has 1 heterocycles. The van der Waals surface area contributed by atoms with Crippen molar-refractivity contribution < 1.29 is 14.0 Å². The van der Waals surface area contributed by atoms with Crippen LogP contribution < -0.4 is 5.32 Å². The van der Waals surface area contributed by atoms with Gasteiger partial charge in [-0.3, -0.25) is 14.5 Å². The Hall–Kier alpha value is -1.75. The van der Waals surface area contributed by atoms with Crippen molar-refractivity contribution in [3.05, 3.63) is 35.6 Å². The summed E-state index contributed by atoms with van der Waals surface area (Å²) in [6.45, 7) is 0.424. The van der Waals surface area contributed by atoms with Crippen LogP contribution >= 0.6 is 0 Å². The van der Waals surface area contributed by atoms with E-state index in [9.17, 15) is 14.0 Å². The van der Waals surface area contributed by atoms with Crippen LogP contribution in [-0.4, -0.2) is 36.3 Å².